The van der Waals surface area contributed by atoms with Gasteiger partial charge >= 0.3 is 6.03 Å². The van der Waals surface area contributed by atoms with Gasteiger partial charge in [0.05, 0.1) is 25.4 Å². The molecule has 7 atom stereocenters. The minimum Gasteiger partial charge on any atom is -0.394 e. The molecule has 0 aromatic carbocycles. The first-order chi connectivity index (χ1) is 22.7. The highest BCUT2D eigenvalue weighted by atomic mass is 16.3. The number of nitrogens with one attached hydrogen (secondary N) is 8. The second-order valence-electron chi connectivity index (χ2n) is 10.7. The molecule has 2 heterocycles. The smallest absolute Gasteiger partial charge is 0.316 e. The van der Waals surface area contributed by atoms with E-state index in [4.69, 9.17) is 22.9 Å². The van der Waals surface area contributed by atoms with Gasteiger partial charge in [-0.2, -0.15) is 0 Å². The lowest BCUT2D eigenvalue weighted by Gasteiger charge is -2.31. The maximum Gasteiger partial charge on any atom is 0.316 e. The Labute approximate surface area is 273 Å². The number of hydrogen-bond acceptors (Lipinski definition) is 15. The zero-order chi connectivity index (χ0) is 36.0. The number of aliphatic imine (C=N–C) groups is 1. The van der Waals surface area contributed by atoms with Crippen LogP contribution in [0.25, 0.3) is 0 Å². The zero-order valence-corrected chi connectivity index (χ0v) is 25.7. The van der Waals surface area contributed by atoms with Crippen LogP contribution in [0, 0.1) is 0 Å². The largest absolute Gasteiger partial charge is 0.394 e. The van der Waals surface area contributed by atoms with Crippen molar-refractivity contribution in [3.63, 3.8) is 0 Å². The molecule has 1 saturated heterocycles. The van der Waals surface area contributed by atoms with E-state index in [9.17, 15) is 48.9 Å². The van der Waals surface area contributed by atoms with Crippen LogP contribution in [-0.2, 0) is 28.8 Å². The summed E-state index contributed by atoms with van der Waals surface area (Å²) in [6.45, 7) is -2.46. The molecule has 19 N–H and O–H groups in total. The molecule has 0 aromatic heterocycles. The Morgan fingerprint density at radius 3 is 2.23 bits per heavy atom. The quantitative estimate of drug-likeness (QED) is 0.0950. The van der Waals surface area contributed by atoms with Crippen molar-refractivity contribution in [3.05, 3.63) is 11.9 Å². The number of hydrogen-bond donors (Lipinski definition) is 15. The van der Waals surface area contributed by atoms with Crippen LogP contribution >= 0.6 is 0 Å². The monoisotopic (exact) mass is 685 g/mol. The Balaban J connectivity index is 2.52. The average molecular weight is 686 g/mol. The summed E-state index contributed by atoms with van der Waals surface area (Å²) in [6.07, 6.45) is -0.684. The number of aliphatic hydroxyl groups excluding tert-OH is 3. The topological polar surface area (TPSA) is 393 Å². The molecule has 48 heavy (non-hydrogen) atoms. The van der Waals surface area contributed by atoms with Crippen molar-refractivity contribution >= 4 is 47.4 Å². The molecule has 2 aliphatic rings. The van der Waals surface area contributed by atoms with Crippen molar-refractivity contribution < 1.29 is 48.9 Å². The van der Waals surface area contributed by atoms with Crippen LogP contribution in [0.4, 0.5) is 4.79 Å². The number of carbonyl (C=O) groups excluding carboxylic acids is 7. The molecule has 8 amide bonds. The number of carbonyl (C=O) groups is 7. The number of rotatable bonds is 10. The third-order valence-corrected chi connectivity index (χ3v) is 7.03. The summed E-state index contributed by atoms with van der Waals surface area (Å²) in [5, 5.41) is 48.0. The van der Waals surface area contributed by atoms with E-state index < -0.39 is 116 Å². The van der Waals surface area contributed by atoms with Crippen molar-refractivity contribution in [2.45, 2.75) is 61.6 Å². The summed E-state index contributed by atoms with van der Waals surface area (Å²) < 4.78 is 0. The lowest BCUT2D eigenvalue weighted by molar-refractivity contribution is -0.135. The minimum atomic E-state index is -1.77. The van der Waals surface area contributed by atoms with Crippen molar-refractivity contribution in [3.8, 4) is 0 Å². The number of primary amides is 1. The lowest BCUT2D eigenvalue weighted by Crippen LogP contribution is -2.64. The van der Waals surface area contributed by atoms with Crippen molar-refractivity contribution in [2.24, 2.45) is 27.9 Å². The molecule has 2 rings (SSSR count). The van der Waals surface area contributed by atoms with Crippen LogP contribution in [0.5, 0.6) is 0 Å². The maximum atomic E-state index is 13.6. The normalized spacial score (nSPS) is 26.7. The molecule has 0 aromatic rings. The minimum absolute atomic E-state index is 0.0610. The zero-order valence-electron chi connectivity index (χ0n) is 25.7. The Morgan fingerprint density at radius 1 is 0.979 bits per heavy atom. The van der Waals surface area contributed by atoms with E-state index in [1.54, 1.807) is 0 Å². The molecule has 0 radical (unpaired) electrons. The number of amides is 8. The molecule has 4 unspecified atom stereocenters. The summed E-state index contributed by atoms with van der Waals surface area (Å²) in [5.41, 5.74) is 21.4. The van der Waals surface area contributed by atoms with Gasteiger partial charge in [0.25, 0.3) is 5.91 Å². The molecule has 23 nitrogen and oxygen atoms in total. The first kappa shape index (κ1) is 39.1. The van der Waals surface area contributed by atoms with Crippen molar-refractivity contribution in [2.75, 3.05) is 32.8 Å². The Kier molecular flexibility index (Phi) is 15.4. The number of nitrogens with two attached hydrogens (primary N) is 4. The van der Waals surface area contributed by atoms with Crippen LogP contribution in [-0.4, -0.2) is 138 Å². The second-order valence-corrected chi connectivity index (χ2v) is 10.7. The van der Waals surface area contributed by atoms with E-state index in [0.717, 1.165) is 0 Å². The highest BCUT2D eigenvalue weighted by Crippen LogP contribution is 2.07. The third kappa shape index (κ3) is 11.9. The first-order valence-electron chi connectivity index (χ1n) is 14.7. The van der Waals surface area contributed by atoms with Gasteiger partial charge in [-0.15, -0.1) is 0 Å². The molecule has 0 bridgehead atoms. The highest BCUT2D eigenvalue weighted by Gasteiger charge is 2.36. The predicted octanol–water partition coefficient (Wildman–Crippen LogP) is -9.23. The highest BCUT2D eigenvalue weighted by molar-refractivity contribution is 6.02. The molecule has 1 fully saturated rings. The van der Waals surface area contributed by atoms with Crippen molar-refractivity contribution in [1.82, 2.24) is 42.5 Å². The van der Waals surface area contributed by atoms with Gasteiger partial charge in [0.2, 0.25) is 29.5 Å². The molecular formula is C25H43N13O10. The fraction of sp³-hybridized carbons (Fsp3) is 0.600. The van der Waals surface area contributed by atoms with E-state index in [2.05, 4.69) is 42.2 Å². The first-order valence-corrected chi connectivity index (χ1v) is 14.7. The molecule has 23 heteroatoms. The van der Waals surface area contributed by atoms with E-state index >= 15 is 0 Å². The van der Waals surface area contributed by atoms with E-state index in [-0.39, 0.29) is 31.9 Å². The molecule has 0 saturated carbocycles. The van der Waals surface area contributed by atoms with Gasteiger partial charge in [-0.05, 0) is 19.4 Å². The fourth-order valence-electron chi connectivity index (χ4n) is 4.41. The average Bonchev–Trinajstić information content (AvgIpc) is 3.03. The Bertz CT molecular complexity index is 1280. The van der Waals surface area contributed by atoms with Crippen LogP contribution in [0.3, 0.4) is 0 Å². The number of urea groups is 1. The molecule has 0 spiro atoms. The lowest BCUT2D eigenvalue weighted by atomic mass is 10.0. The molecule has 268 valence electrons. The van der Waals surface area contributed by atoms with Crippen LogP contribution in [0.15, 0.2) is 16.9 Å². The second kappa shape index (κ2) is 18.9. The number of nitrogens with zero attached hydrogens (tertiary/aromatic N) is 1. The van der Waals surface area contributed by atoms with E-state index in [1.807, 2.05) is 5.32 Å². The van der Waals surface area contributed by atoms with Gasteiger partial charge in [-0.25, -0.2) is 4.79 Å². The molecular weight excluding hydrogens is 642 g/mol. The summed E-state index contributed by atoms with van der Waals surface area (Å²) in [7, 11) is 0. The van der Waals surface area contributed by atoms with Gasteiger partial charge < -0.3 is 80.8 Å². The summed E-state index contributed by atoms with van der Waals surface area (Å²) in [6, 6.07) is -9.75. The Morgan fingerprint density at radius 2 is 1.62 bits per heavy atom. The van der Waals surface area contributed by atoms with Crippen molar-refractivity contribution in [1.29, 1.82) is 0 Å². The molecule has 2 aliphatic heterocycles. The Hall–Kier alpha value is -5.10. The predicted molar refractivity (Wildman–Crippen MR) is 164 cm³/mol. The number of aliphatic hydroxyl groups is 3. The van der Waals surface area contributed by atoms with Gasteiger partial charge in [0.15, 0.2) is 5.96 Å². The van der Waals surface area contributed by atoms with Crippen LogP contribution < -0.4 is 65.5 Å². The number of guanidine groups is 1. The van der Waals surface area contributed by atoms with Gasteiger partial charge in [0.1, 0.15) is 29.9 Å². The summed E-state index contributed by atoms with van der Waals surface area (Å²) >= 11 is 0. The third-order valence-electron chi connectivity index (χ3n) is 7.03. The van der Waals surface area contributed by atoms with Crippen LogP contribution in [0.1, 0.15) is 19.3 Å². The standard InChI is InChI=1S/C25H43N13O10/c26-3-1-16(41)10(27)5-17(42)33-12-6-31-23(47)18(11-2-4-30-24(28)37-11)38-20(44)13(7-32-25(29)48)34-21(45)14(8-39)36-22(46)15(9-40)35-19(12)43/h7,10-12,14-16,18,39-41H,1-6,8-9,26-27H2,(H,31,47)(H,33,42)(H,34,45)(H,35,43)(H,36,46)(H,38,44)(H3,28,30,37)(H3,29,32,48)/b13-7-/t10-,11-,12?,14?,15?,16-,18?/m1/s1. The van der Waals surface area contributed by atoms with E-state index in [1.165, 1.54) is 0 Å². The summed E-state index contributed by atoms with van der Waals surface area (Å²) in [5.74, 6) is -6.43. The van der Waals surface area contributed by atoms with Gasteiger partial charge in [-0.3, -0.25) is 33.8 Å². The SMILES string of the molecule is NCC[C@@H](O)[C@H](N)CC(=O)NC1CNC(=O)C([C@H]2CCN=C(N)N2)NC(=O)/C(=C/NC(N)=O)NC(=O)C(CO)NC(=O)C(CO)NC1=O. The van der Waals surface area contributed by atoms with Gasteiger partial charge in [-0.1, -0.05) is 0 Å². The summed E-state index contributed by atoms with van der Waals surface area (Å²) in [4.78, 5) is 94.2. The van der Waals surface area contributed by atoms with E-state index in [0.29, 0.717) is 6.20 Å². The fourth-order valence-corrected chi connectivity index (χ4v) is 4.41. The molecule has 0 aliphatic carbocycles. The maximum absolute atomic E-state index is 13.6. The van der Waals surface area contributed by atoms with Crippen LogP contribution in [0.2, 0.25) is 0 Å². The van der Waals surface area contributed by atoms with Gasteiger partial charge in [0, 0.05) is 31.8 Å².